The van der Waals surface area contributed by atoms with Crippen LogP contribution in [0.15, 0.2) is 12.2 Å². The lowest BCUT2D eigenvalue weighted by molar-refractivity contribution is 0.365. The van der Waals surface area contributed by atoms with Crippen molar-refractivity contribution in [1.29, 1.82) is 0 Å². The fraction of sp³-hybridized carbons (Fsp3) is 0.952. The average Bonchev–Trinajstić information content (AvgIpc) is 3.01. The van der Waals surface area contributed by atoms with E-state index in [4.69, 9.17) is 0 Å². The quantitative estimate of drug-likeness (QED) is 0.0546. The van der Waals surface area contributed by atoms with Gasteiger partial charge in [-0.15, -0.1) is 0 Å². The van der Waals surface area contributed by atoms with Crippen molar-refractivity contribution in [2.24, 2.45) is 5.92 Å². The van der Waals surface area contributed by atoms with Gasteiger partial charge in [0.25, 0.3) is 0 Å². The maximum atomic E-state index is 4.33. The van der Waals surface area contributed by atoms with E-state index in [1.54, 1.807) is 0 Å². The first-order valence-electron chi connectivity index (χ1n) is 20.6. The first-order valence-corrected chi connectivity index (χ1v) is 20.6. The Labute approximate surface area is 275 Å². The third-order valence-corrected chi connectivity index (χ3v) is 9.92. The highest BCUT2D eigenvalue weighted by molar-refractivity contribution is 4.93. The molecule has 0 spiro atoms. The van der Waals surface area contributed by atoms with Crippen LogP contribution in [0.1, 0.15) is 239 Å². The SMILES string of the molecule is C=C(CCCCCCCCCC)CCCNCCCCCCCCCCC(CCCCCCCC)CCCCCCCC. The lowest BCUT2D eigenvalue weighted by Gasteiger charge is -2.17. The molecule has 1 N–H and O–H groups in total. The van der Waals surface area contributed by atoms with E-state index in [2.05, 4.69) is 32.7 Å². The molecule has 0 aromatic rings. The van der Waals surface area contributed by atoms with Crippen LogP contribution in [-0.4, -0.2) is 13.1 Å². The number of rotatable bonds is 38. The van der Waals surface area contributed by atoms with E-state index < -0.39 is 0 Å². The topological polar surface area (TPSA) is 12.0 Å². The molecule has 0 aliphatic heterocycles. The van der Waals surface area contributed by atoms with Crippen LogP contribution in [0.2, 0.25) is 0 Å². The first kappa shape index (κ1) is 42.7. The highest BCUT2D eigenvalue weighted by Crippen LogP contribution is 2.25. The van der Waals surface area contributed by atoms with E-state index in [1.165, 1.54) is 237 Å². The van der Waals surface area contributed by atoms with Crippen molar-refractivity contribution >= 4 is 0 Å². The summed E-state index contributed by atoms with van der Waals surface area (Å²) in [6, 6.07) is 0. The van der Waals surface area contributed by atoms with Crippen LogP contribution >= 0.6 is 0 Å². The molecule has 0 saturated heterocycles. The first-order chi connectivity index (χ1) is 21.2. The third-order valence-electron chi connectivity index (χ3n) is 9.92. The molecule has 0 radical (unpaired) electrons. The van der Waals surface area contributed by atoms with Crippen LogP contribution in [0.4, 0.5) is 0 Å². The van der Waals surface area contributed by atoms with Gasteiger partial charge >= 0.3 is 0 Å². The molecule has 0 saturated carbocycles. The highest BCUT2D eigenvalue weighted by Gasteiger charge is 2.09. The van der Waals surface area contributed by atoms with E-state index >= 15 is 0 Å². The minimum atomic E-state index is 1.03. The minimum Gasteiger partial charge on any atom is -0.317 e. The predicted molar refractivity (Wildman–Crippen MR) is 199 cm³/mol. The predicted octanol–water partition coefficient (Wildman–Crippen LogP) is 15.1. The maximum Gasteiger partial charge on any atom is -0.00459 e. The van der Waals surface area contributed by atoms with Gasteiger partial charge in [-0.05, 0) is 51.1 Å². The standard InChI is InChI=1S/C42H85N/c1-5-8-11-14-17-20-23-28-34-41(4)35-33-40-43-39-32-27-22-19-18-21-26-31-38-42(36-29-24-15-12-9-6-2)37-30-25-16-13-10-7-3/h42-43H,4-40H2,1-3H3. The molecule has 0 heterocycles. The zero-order valence-corrected chi connectivity index (χ0v) is 30.7. The van der Waals surface area contributed by atoms with E-state index in [-0.39, 0.29) is 0 Å². The number of allylic oxidation sites excluding steroid dienone is 1. The second kappa shape index (κ2) is 37.9. The van der Waals surface area contributed by atoms with E-state index in [1.807, 2.05) is 0 Å². The summed E-state index contributed by atoms with van der Waals surface area (Å²) in [5.41, 5.74) is 1.49. The Morgan fingerprint density at radius 1 is 0.372 bits per heavy atom. The van der Waals surface area contributed by atoms with Crippen LogP contribution < -0.4 is 5.32 Å². The molecule has 0 aliphatic carbocycles. The largest absolute Gasteiger partial charge is 0.317 e. The molecule has 0 bridgehead atoms. The molecule has 0 fully saturated rings. The summed E-state index contributed by atoms with van der Waals surface area (Å²) in [4.78, 5) is 0. The van der Waals surface area contributed by atoms with E-state index in [9.17, 15) is 0 Å². The van der Waals surface area contributed by atoms with Crippen LogP contribution in [0, 0.1) is 5.92 Å². The van der Waals surface area contributed by atoms with Gasteiger partial charge in [0.15, 0.2) is 0 Å². The summed E-state index contributed by atoms with van der Waals surface area (Å²) in [6.07, 6.45) is 48.6. The van der Waals surface area contributed by atoms with Gasteiger partial charge in [0.2, 0.25) is 0 Å². The smallest absolute Gasteiger partial charge is 0.00459 e. The van der Waals surface area contributed by atoms with Crippen molar-refractivity contribution < 1.29 is 0 Å². The van der Waals surface area contributed by atoms with Crippen molar-refractivity contribution in [2.45, 2.75) is 239 Å². The van der Waals surface area contributed by atoms with E-state index in [0.717, 1.165) is 5.92 Å². The molecule has 0 aliphatic rings. The minimum absolute atomic E-state index is 1.03. The number of hydrogen-bond donors (Lipinski definition) is 1. The molecule has 43 heavy (non-hydrogen) atoms. The van der Waals surface area contributed by atoms with Gasteiger partial charge in [0.1, 0.15) is 0 Å². The number of nitrogens with one attached hydrogen (secondary N) is 1. The summed E-state index contributed by atoms with van der Waals surface area (Å²) >= 11 is 0. The van der Waals surface area contributed by atoms with E-state index in [0.29, 0.717) is 0 Å². The second-order valence-electron chi connectivity index (χ2n) is 14.4. The summed E-state index contributed by atoms with van der Waals surface area (Å²) in [7, 11) is 0. The molecule has 0 amide bonds. The fourth-order valence-corrected chi connectivity index (χ4v) is 6.83. The molecule has 1 heteroatoms. The van der Waals surface area contributed by atoms with Gasteiger partial charge in [0.05, 0.1) is 0 Å². The Morgan fingerprint density at radius 3 is 1.09 bits per heavy atom. The number of hydrogen-bond acceptors (Lipinski definition) is 1. The van der Waals surface area contributed by atoms with Crippen LogP contribution in [-0.2, 0) is 0 Å². The van der Waals surface area contributed by atoms with Crippen molar-refractivity contribution in [3.05, 3.63) is 12.2 Å². The monoisotopic (exact) mass is 604 g/mol. The van der Waals surface area contributed by atoms with Crippen LogP contribution in [0.3, 0.4) is 0 Å². The van der Waals surface area contributed by atoms with Gasteiger partial charge < -0.3 is 5.32 Å². The molecule has 0 aromatic carbocycles. The molecule has 258 valence electrons. The molecule has 0 rings (SSSR count). The van der Waals surface area contributed by atoms with Crippen molar-refractivity contribution in [3.63, 3.8) is 0 Å². The summed E-state index contributed by atoms with van der Waals surface area (Å²) < 4.78 is 0. The Bertz CT molecular complexity index is 495. The Hall–Kier alpha value is -0.300. The molecule has 0 atom stereocenters. The summed E-state index contributed by atoms with van der Waals surface area (Å²) in [5.74, 6) is 1.03. The lowest BCUT2D eigenvalue weighted by Crippen LogP contribution is -2.16. The number of unbranched alkanes of at least 4 members (excludes halogenated alkanes) is 24. The Balaban J connectivity index is 3.57. The van der Waals surface area contributed by atoms with Gasteiger partial charge in [-0.25, -0.2) is 0 Å². The molecular weight excluding hydrogens is 518 g/mol. The van der Waals surface area contributed by atoms with Gasteiger partial charge in [-0.1, -0.05) is 219 Å². The maximum absolute atomic E-state index is 4.33. The normalized spacial score (nSPS) is 11.6. The van der Waals surface area contributed by atoms with Gasteiger partial charge in [-0.2, -0.15) is 0 Å². The molecule has 0 unspecified atom stereocenters. The van der Waals surface area contributed by atoms with Crippen molar-refractivity contribution in [2.75, 3.05) is 13.1 Å². The molecule has 0 aromatic heterocycles. The molecule has 1 nitrogen and oxygen atoms in total. The zero-order chi connectivity index (χ0) is 31.3. The van der Waals surface area contributed by atoms with Crippen LogP contribution in [0.25, 0.3) is 0 Å². The fourth-order valence-electron chi connectivity index (χ4n) is 6.83. The zero-order valence-electron chi connectivity index (χ0n) is 30.7. The average molecular weight is 604 g/mol. The lowest BCUT2D eigenvalue weighted by atomic mass is 9.89. The Morgan fingerprint density at radius 2 is 0.674 bits per heavy atom. The van der Waals surface area contributed by atoms with Crippen LogP contribution in [0.5, 0.6) is 0 Å². The second-order valence-corrected chi connectivity index (χ2v) is 14.4. The third kappa shape index (κ3) is 36.0. The van der Waals surface area contributed by atoms with Crippen molar-refractivity contribution in [3.8, 4) is 0 Å². The van der Waals surface area contributed by atoms with Crippen molar-refractivity contribution in [1.82, 2.24) is 5.32 Å². The molecular formula is C42H85N. The highest BCUT2D eigenvalue weighted by atomic mass is 14.8. The van der Waals surface area contributed by atoms with Gasteiger partial charge in [0, 0.05) is 0 Å². The summed E-state index contributed by atoms with van der Waals surface area (Å²) in [6.45, 7) is 13.7. The summed E-state index contributed by atoms with van der Waals surface area (Å²) in [5, 5.41) is 3.68. The van der Waals surface area contributed by atoms with Gasteiger partial charge in [-0.3, -0.25) is 0 Å². The Kier molecular flexibility index (Phi) is 37.6.